The standard InChI is InChI=1S/C19H20Cl2N2O2.C12H12BrNO2S.C12H14N2O2S.C11H15NO2.C11H13NO2.C8H8BrNO2.HI/c20-14-2-1-3-15(21)17(14)18-13(19(25-23-18)10-4-5-10)9-24-16-7-12-6-11(16)8-22-12;2*1-6(2)8-4-7(11(15)16-3)5-9-10(8)14-12(13)17-9;2*1-7(2)9-6-8(11(13)14-3)4-5-10(9)12;1-12-8(11)5-2-3-7(10)6(9)4-5;/h1-3,10-12,16,22H,4-9H2;4-6H,1-3H3;4-6H,1-3H3,(H2,13,14);4-7H,12H2,1-3H3;4-6H,1,12H2,2-3H3;2-4H,10H2,1H3;1H/t11-,12-,16+;;;;;;/m0....../s1. The summed E-state index contributed by atoms with van der Waals surface area (Å²) in [6, 6.07) is 28.5. The van der Waals surface area contributed by atoms with Gasteiger partial charge in [0.05, 0.1) is 107 Å². The number of nitrogens with two attached hydrogens (primary N) is 4. The Morgan fingerprint density at radius 1 is 0.620 bits per heavy atom. The molecule has 1 saturated heterocycles. The molecule has 27 heteroatoms. The van der Waals surface area contributed by atoms with Crippen molar-refractivity contribution in [1.82, 2.24) is 20.4 Å². The molecule has 2 bridgehead atoms. The van der Waals surface area contributed by atoms with E-state index in [0.717, 1.165) is 101 Å². The van der Waals surface area contributed by atoms with Crippen molar-refractivity contribution in [2.45, 2.75) is 117 Å². The molecule has 3 aromatic heterocycles. The van der Waals surface area contributed by atoms with Crippen molar-refractivity contribution in [1.29, 1.82) is 0 Å². The summed E-state index contributed by atoms with van der Waals surface area (Å²) in [6.45, 7) is 19.6. The van der Waals surface area contributed by atoms with Gasteiger partial charge in [0.25, 0.3) is 0 Å². The number of aromatic nitrogens is 3. The number of hydrogen-bond donors (Lipinski definition) is 5. The minimum absolute atomic E-state index is 0. The van der Waals surface area contributed by atoms with Crippen molar-refractivity contribution in [3.8, 4) is 11.3 Å². The molecule has 100 heavy (non-hydrogen) atoms. The van der Waals surface area contributed by atoms with Gasteiger partial charge in [0.15, 0.2) is 9.05 Å². The average molecular weight is 1690 g/mol. The first-order valence-corrected chi connectivity index (χ1v) is 35.5. The monoisotopic (exact) mass is 1680 g/mol. The third kappa shape index (κ3) is 21.2. The SMILES string of the molecule is C=C(C)c1cc(C(=O)OC)ccc1N.COC(=O)c1cc(C(C)C)c2nc(Br)sc2c1.COC(=O)c1cc(C(C)C)c2nc(N)sc2c1.COC(=O)c1ccc(N)c(Br)c1.COC(=O)c1ccc(N)c(C(C)C)c1.Clc1cccc(Cl)c1-c1noc(C2CC2)c1CO[C@@H]1C[C@@H]2C[C@H]1CN2.I. The molecule has 2 saturated carbocycles. The lowest BCUT2D eigenvalue weighted by atomic mass is 9.99. The Balaban J connectivity index is 0.000000192. The number of carbonyl (C=O) groups is 5. The van der Waals surface area contributed by atoms with Gasteiger partial charge < -0.3 is 61.2 Å². The van der Waals surface area contributed by atoms with Gasteiger partial charge in [-0.1, -0.05) is 93.9 Å². The number of ether oxygens (including phenoxy) is 6. The highest BCUT2D eigenvalue weighted by Gasteiger charge is 2.41. The number of nitrogens with zero attached hydrogens (tertiary/aromatic N) is 3. The van der Waals surface area contributed by atoms with E-state index in [1.807, 2.05) is 57.2 Å². The first kappa shape index (κ1) is 81.8. The molecule has 12 rings (SSSR count). The lowest BCUT2D eigenvalue weighted by molar-refractivity contribution is 0.00913. The number of rotatable bonds is 14. The van der Waals surface area contributed by atoms with E-state index in [2.05, 4.69) is 101 Å². The Kier molecular flexibility index (Phi) is 30.8. The molecule has 1 aliphatic heterocycles. The molecular weight excluding hydrogens is 1600 g/mol. The van der Waals surface area contributed by atoms with Gasteiger partial charge >= 0.3 is 29.8 Å². The van der Waals surface area contributed by atoms with E-state index in [0.29, 0.717) is 107 Å². The summed E-state index contributed by atoms with van der Waals surface area (Å²) in [5, 5.41) is 9.55. The highest BCUT2D eigenvalue weighted by atomic mass is 127. The van der Waals surface area contributed by atoms with Gasteiger partial charge in [0.1, 0.15) is 11.5 Å². The van der Waals surface area contributed by atoms with Crippen molar-refractivity contribution >= 4 is 180 Å². The third-order valence-electron chi connectivity index (χ3n) is 16.3. The van der Waals surface area contributed by atoms with Crippen molar-refractivity contribution in [3.63, 3.8) is 0 Å². The Bertz CT molecular complexity index is 4280. The van der Waals surface area contributed by atoms with Gasteiger partial charge in [-0.2, -0.15) is 0 Å². The number of carbonyl (C=O) groups excluding carboxylic acids is 5. The van der Waals surface area contributed by atoms with Crippen LogP contribution in [0, 0.1) is 5.92 Å². The second kappa shape index (κ2) is 37.6. The molecule has 0 radical (unpaired) electrons. The molecule has 9 N–H and O–H groups in total. The lowest BCUT2D eigenvalue weighted by Crippen LogP contribution is -2.34. The number of halogens is 5. The zero-order chi connectivity index (χ0) is 72.7. The largest absolute Gasteiger partial charge is 0.465 e. The van der Waals surface area contributed by atoms with Gasteiger partial charge in [0.2, 0.25) is 0 Å². The molecule has 6 aromatic carbocycles. The summed E-state index contributed by atoms with van der Waals surface area (Å²) in [5.41, 5.74) is 36.4. The van der Waals surface area contributed by atoms with Crippen LogP contribution in [-0.4, -0.2) is 99.2 Å². The number of thiazole rings is 2. The van der Waals surface area contributed by atoms with Gasteiger partial charge in [0, 0.05) is 56.7 Å². The topological polar surface area (TPSA) is 309 Å². The predicted octanol–water partition coefficient (Wildman–Crippen LogP) is 18.3. The first-order chi connectivity index (χ1) is 47.0. The van der Waals surface area contributed by atoms with Crippen LogP contribution in [-0.2, 0) is 35.0 Å². The number of hydrogen-bond acceptors (Lipinski definition) is 22. The Morgan fingerprint density at radius 3 is 1.56 bits per heavy atom. The molecular formula is C73H83Br2Cl2IN8O12S2. The van der Waals surface area contributed by atoms with E-state index in [1.165, 1.54) is 64.6 Å². The normalized spacial score (nSPS) is 14.7. The summed E-state index contributed by atoms with van der Waals surface area (Å²) < 4.78 is 38.7. The number of fused-ring (bicyclic) bond motifs is 4. The smallest absolute Gasteiger partial charge is 0.337 e. The predicted molar refractivity (Wildman–Crippen MR) is 418 cm³/mol. The average Bonchev–Trinajstić information content (AvgIpc) is 1.62. The second-order valence-corrected chi connectivity index (χ2v) is 29.4. The van der Waals surface area contributed by atoms with E-state index < -0.39 is 0 Å². The summed E-state index contributed by atoms with van der Waals surface area (Å²) in [5.74, 6) is 1.24. The van der Waals surface area contributed by atoms with E-state index >= 15 is 0 Å². The molecule has 0 amide bonds. The zero-order valence-corrected chi connectivity index (χ0v) is 66.2. The highest BCUT2D eigenvalue weighted by Crippen LogP contribution is 2.47. The number of esters is 5. The quantitative estimate of drug-likeness (QED) is 0.0292. The van der Waals surface area contributed by atoms with E-state index in [-0.39, 0.29) is 59.7 Å². The number of methoxy groups -OCH3 is 5. The molecule has 20 nitrogen and oxygen atoms in total. The van der Waals surface area contributed by atoms with E-state index in [4.69, 9.17) is 64.9 Å². The Hall–Kier alpha value is -7.21. The van der Waals surface area contributed by atoms with Gasteiger partial charge in [-0.3, -0.25) is 0 Å². The fourth-order valence-electron chi connectivity index (χ4n) is 10.9. The molecule has 9 aromatic rings. The van der Waals surface area contributed by atoms with Crippen molar-refractivity contribution in [2.24, 2.45) is 5.92 Å². The minimum Gasteiger partial charge on any atom is -0.465 e. The van der Waals surface area contributed by atoms with Crippen LogP contribution in [0.2, 0.25) is 10.0 Å². The van der Waals surface area contributed by atoms with Crippen LogP contribution in [0.3, 0.4) is 0 Å². The van der Waals surface area contributed by atoms with E-state index in [9.17, 15) is 24.0 Å². The number of nitrogen functional groups attached to an aromatic ring is 4. The maximum Gasteiger partial charge on any atom is 0.337 e. The second-order valence-electron chi connectivity index (χ2n) is 24.4. The lowest BCUT2D eigenvalue weighted by Gasteiger charge is -2.23. The van der Waals surface area contributed by atoms with Gasteiger partial charge in [-0.05, 0) is 201 Å². The van der Waals surface area contributed by atoms with Crippen molar-refractivity contribution < 1.29 is 56.9 Å². The summed E-state index contributed by atoms with van der Waals surface area (Å²) in [7, 11) is 6.83. The van der Waals surface area contributed by atoms with E-state index in [1.54, 1.807) is 60.7 Å². The fraction of sp³-hybridized carbons (Fsp3) is 0.342. The maximum absolute atomic E-state index is 11.6. The van der Waals surface area contributed by atoms with Crippen LogP contribution in [0.5, 0.6) is 0 Å². The van der Waals surface area contributed by atoms with Crippen LogP contribution in [0.15, 0.2) is 117 Å². The number of nitrogens with one attached hydrogen (secondary N) is 1. The number of benzene rings is 6. The van der Waals surface area contributed by atoms with Crippen LogP contribution in [0.25, 0.3) is 37.3 Å². The molecule has 3 fully saturated rings. The zero-order valence-electron chi connectivity index (χ0n) is 57.5. The van der Waals surface area contributed by atoms with Crippen LogP contribution >= 0.6 is 102 Å². The summed E-state index contributed by atoms with van der Waals surface area (Å²) >= 11 is 22.3. The van der Waals surface area contributed by atoms with Crippen LogP contribution in [0.4, 0.5) is 22.2 Å². The van der Waals surface area contributed by atoms with Crippen molar-refractivity contribution in [3.05, 3.63) is 183 Å². The molecule has 4 heterocycles. The van der Waals surface area contributed by atoms with Gasteiger partial charge in [-0.25, -0.2) is 33.9 Å². The summed E-state index contributed by atoms with van der Waals surface area (Å²) in [6.07, 6.45) is 4.94. The summed E-state index contributed by atoms with van der Waals surface area (Å²) in [4.78, 5) is 65.3. The molecule has 0 spiro atoms. The van der Waals surface area contributed by atoms with Crippen LogP contribution < -0.4 is 28.3 Å². The first-order valence-electron chi connectivity index (χ1n) is 31.5. The maximum atomic E-state index is 11.6. The molecule has 2 aliphatic carbocycles. The molecule has 3 aliphatic rings. The van der Waals surface area contributed by atoms with Crippen LogP contribution in [0.1, 0.15) is 183 Å². The molecule has 0 unspecified atom stereocenters. The van der Waals surface area contributed by atoms with Gasteiger partial charge in [-0.15, -0.1) is 35.3 Å². The third-order valence-corrected chi connectivity index (χ3v) is 19.9. The van der Waals surface area contributed by atoms with Crippen molar-refractivity contribution in [2.75, 3.05) is 65.0 Å². The molecule has 534 valence electrons. The number of allylic oxidation sites excluding steroid dienone is 1. The highest BCUT2D eigenvalue weighted by molar-refractivity contribution is 14.0. The number of anilines is 4. The minimum atomic E-state index is -0.368. The Morgan fingerprint density at radius 2 is 1.09 bits per heavy atom. The fourth-order valence-corrected chi connectivity index (χ4v) is 14.2. The number of piperidine rings is 1. The molecule has 3 atom stereocenters. The Labute approximate surface area is 634 Å².